The summed E-state index contributed by atoms with van der Waals surface area (Å²) >= 11 is 0. The molecule has 1 aliphatic heterocycles. The third kappa shape index (κ3) is 4.69. The quantitative estimate of drug-likeness (QED) is 0.798. The Labute approximate surface area is 164 Å². The highest BCUT2D eigenvalue weighted by Crippen LogP contribution is 2.26. The number of rotatable bonds is 6. The number of carbonyl (C=O) groups is 2. The normalized spacial score (nSPS) is 18.9. The lowest BCUT2D eigenvalue weighted by atomic mass is 9.94. The van der Waals surface area contributed by atoms with Crippen LogP contribution in [0.5, 0.6) is 0 Å². The molecule has 1 saturated heterocycles. The van der Waals surface area contributed by atoms with Crippen LogP contribution in [-0.4, -0.2) is 58.7 Å². The first kappa shape index (κ1) is 19.9. The first-order valence-electron chi connectivity index (χ1n) is 9.33. The number of urea groups is 1. The fourth-order valence-electron chi connectivity index (χ4n) is 3.52. The summed E-state index contributed by atoms with van der Waals surface area (Å²) in [5.41, 5.74) is 1.68. The van der Waals surface area contributed by atoms with E-state index in [-0.39, 0.29) is 11.9 Å². The van der Waals surface area contributed by atoms with Crippen molar-refractivity contribution in [1.82, 2.24) is 19.8 Å². The van der Waals surface area contributed by atoms with Crippen LogP contribution in [0.4, 0.5) is 10.5 Å². The number of methoxy groups -OCH3 is 1. The molecule has 3 rings (SSSR count). The Kier molecular flexibility index (Phi) is 5.99. The monoisotopic (exact) mass is 385 g/mol. The molecule has 0 bridgehead atoms. The summed E-state index contributed by atoms with van der Waals surface area (Å²) in [6.45, 7) is 3.45. The molecule has 0 saturated carbocycles. The molecule has 8 nitrogen and oxygen atoms in total. The average molecular weight is 385 g/mol. The maximum atomic E-state index is 12.7. The van der Waals surface area contributed by atoms with E-state index in [1.807, 2.05) is 38.2 Å². The highest BCUT2D eigenvalue weighted by atomic mass is 16.5. The van der Waals surface area contributed by atoms with Crippen LogP contribution in [0.3, 0.4) is 0 Å². The Morgan fingerprint density at radius 2 is 2.18 bits per heavy atom. The molecule has 1 fully saturated rings. The molecule has 3 amide bonds. The van der Waals surface area contributed by atoms with Gasteiger partial charge in [0.25, 0.3) is 5.91 Å². The largest absolute Gasteiger partial charge is 0.385 e. The minimum absolute atomic E-state index is 0.124. The molecule has 28 heavy (non-hydrogen) atoms. The number of imidazole rings is 1. The lowest BCUT2D eigenvalue weighted by molar-refractivity contribution is 0.0767. The number of likely N-dealkylation sites (tertiary alicyclic amines) is 1. The van der Waals surface area contributed by atoms with Crippen molar-refractivity contribution in [3.63, 3.8) is 0 Å². The summed E-state index contributed by atoms with van der Waals surface area (Å²) in [4.78, 5) is 31.2. The van der Waals surface area contributed by atoms with E-state index in [1.165, 1.54) is 0 Å². The molecular weight excluding hydrogens is 358 g/mol. The Morgan fingerprint density at radius 3 is 2.86 bits per heavy atom. The molecule has 1 aromatic heterocycles. The van der Waals surface area contributed by atoms with E-state index in [2.05, 4.69) is 15.6 Å². The van der Waals surface area contributed by atoms with Gasteiger partial charge in [-0.05, 0) is 37.5 Å². The topological polar surface area (TPSA) is 88.5 Å². The molecule has 0 aliphatic carbocycles. The number of anilines is 1. The average Bonchev–Trinajstić information content (AvgIpc) is 3.26. The zero-order valence-corrected chi connectivity index (χ0v) is 16.6. The van der Waals surface area contributed by atoms with Crippen molar-refractivity contribution in [2.45, 2.75) is 25.3 Å². The Morgan fingerprint density at radius 1 is 1.36 bits per heavy atom. The number of ether oxygens (including phenoxy) is 1. The maximum absolute atomic E-state index is 12.7. The van der Waals surface area contributed by atoms with Gasteiger partial charge < -0.3 is 24.8 Å². The number of aromatic nitrogens is 2. The number of hydrogen-bond donors (Lipinski definition) is 2. The Bertz CT molecular complexity index is 850. The van der Waals surface area contributed by atoms with Crippen molar-refractivity contribution < 1.29 is 14.3 Å². The Hall–Kier alpha value is -2.87. The minimum Gasteiger partial charge on any atom is -0.385 e. The fraction of sp³-hybridized carbons (Fsp3) is 0.450. The highest BCUT2D eigenvalue weighted by molar-refractivity contribution is 5.93. The number of amides is 3. The summed E-state index contributed by atoms with van der Waals surface area (Å²) in [7, 11) is 3.46. The van der Waals surface area contributed by atoms with Crippen molar-refractivity contribution in [2.24, 2.45) is 7.05 Å². The van der Waals surface area contributed by atoms with Crippen LogP contribution in [0, 0.1) is 6.92 Å². The number of carbonyl (C=O) groups excluding carboxylic acids is 2. The lowest BCUT2D eigenvalue weighted by Gasteiger charge is -2.30. The van der Waals surface area contributed by atoms with E-state index in [1.54, 1.807) is 29.1 Å². The van der Waals surface area contributed by atoms with E-state index in [4.69, 9.17) is 4.74 Å². The molecule has 1 aromatic carbocycles. The molecule has 1 unspecified atom stereocenters. The van der Waals surface area contributed by atoms with E-state index in [0.29, 0.717) is 38.2 Å². The number of aryl methyl sites for hydroxylation is 2. The molecule has 8 heteroatoms. The van der Waals surface area contributed by atoms with Gasteiger partial charge in [0, 0.05) is 45.7 Å². The zero-order valence-electron chi connectivity index (χ0n) is 16.6. The number of hydrogen-bond acceptors (Lipinski definition) is 4. The number of nitrogens with zero attached hydrogens (tertiary/aromatic N) is 3. The van der Waals surface area contributed by atoms with Crippen LogP contribution < -0.4 is 10.6 Å². The smallest absolute Gasteiger partial charge is 0.319 e. The molecule has 2 heterocycles. The lowest BCUT2D eigenvalue weighted by Crippen LogP contribution is -2.53. The van der Waals surface area contributed by atoms with Crippen molar-refractivity contribution in [3.05, 3.63) is 48.0 Å². The van der Waals surface area contributed by atoms with Gasteiger partial charge in [-0.2, -0.15) is 0 Å². The van der Waals surface area contributed by atoms with E-state index >= 15 is 0 Å². The number of benzene rings is 1. The molecular formula is C20H27N5O3. The molecule has 0 radical (unpaired) electrons. The minimum atomic E-state index is -0.533. The summed E-state index contributed by atoms with van der Waals surface area (Å²) in [5, 5.41) is 5.97. The number of nitrogens with one attached hydrogen (secondary N) is 2. The van der Waals surface area contributed by atoms with Crippen LogP contribution in [-0.2, 0) is 11.8 Å². The van der Waals surface area contributed by atoms with E-state index < -0.39 is 5.54 Å². The molecule has 1 aliphatic rings. The molecule has 0 spiro atoms. The second-order valence-corrected chi connectivity index (χ2v) is 7.37. The molecule has 2 aromatic rings. The van der Waals surface area contributed by atoms with Gasteiger partial charge in [-0.1, -0.05) is 12.1 Å². The maximum Gasteiger partial charge on any atom is 0.319 e. The standard InChI is InChI=1S/C20H27N5O3/c1-15-5-4-6-16(11-15)22-19(27)23-20(8-10-28-3)7-9-25(13-20)18(26)17-12-24(2)14-21-17/h4-6,11-12,14H,7-10,13H2,1-3H3,(H2,22,23,27). The van der Waals surface area contributed by atoms with Gasteiger partial charge in [0.15, 0.2) is 0 Å². The second kappa shape index (κ2) is 8.43. The second-order valence-electron chi connectivity index (χ2n) is 7.37. The first-order valence-corrected chi connectivity index (χ1v) is 9.33. The van der Waals surface area contributed by atoms with Gasteiger partial charge >= 0.3 is 6.03 Å². The van der Waals surface area contributed by atoms with Crippen LogP contribution in [0.2, 0.25) is 0 Å². The van der Waals surface area contributed by atoms with E-state index in [0.717, 1.165) is 11.3 Å². The van der Waals surface area contributed by atoms with Crippen molar-refractivity contribution >= 4 is 17.6 Å². The van der Waals surface area contributed by atoms with Gasteiger partial charge in [0.1, 0.15) is 5.69 Å². The van der Waals surface area contributed by atoms with Crippen LogP contribution >= 0.6 is 0 Å². The predicted octanol–water partition coefficient (Wildman–Crippen LogP) is 2.17. The molecule has 2 N–H and O–H groups in total. The summed E-state index contributed by atoms with van der Waals surface area (Å²) in [5.74, 6) is -0.124. The van der Waals surface area contributed by atoms with Crippen molar-refractivity contribution in [3.8, 4) is 0 Å². The van der Waals surface area contributed by atoms with Gasteiger partial charge in [-0.3, -0.25) is 4.79 Å². The summed E-state index contributed by atoms with van der Waals surface area (Å²) in [6.07, 6.45) is 4.59. The van der Waals surface area contributed by atoms with Crippen LogP contribution in [0.1, 0.15) is 28.9 Å². The molecule has 150 valence electrons. The van der Waals surface area contributed by atoms with Crippen molar-refractivity contribution in [2.75, 3.05) is 32.1 Å². The van der Waals surface area contributed by atoms with Crippen LogP contribution in [0.25, 0.3) is 0 Å². The third-order valence-corrected chi connectivity index (χ3v) is 5.00. The van der Waals surface area contributed by atoms with Crippen LogP contribution in [0.15, 0.2) is 36.8 Å². The van der Waals surface area contributed by atoms with Gasteiger partial charge in [-0.15, -0.1) is 0 Å². The summed E-state index contributed by atoms with van der Waals surface area (Å²) < 4.78 is 6.98. The highest BCUT2D eigenvalue weighted by Gasteiger charge is 2.41. The SMILES string of the molecule is COCCC1(NC(=O)Nc2cccc(C)c2)CCN(C(=O)c2cn(C)cn2)C1. The fourth-order valence-corrected chi connectivity index (χ4v) is 3.52. The van der Waals surface area contributed by atoms with Gasteiger partial charge in [-0.25, -0.2) is 9.78 Å². The zero-order chi connectivity index (χ0) is 20.1. The molecule has 1 atom stereocenters. The summed E-state index contributed by atoms with van der Waals surface area (Å²) in [6, 6.07) is 7.34. The van der Waals surface area contributed by atoms with E-state index in [9.17, 15) is 9.59 Å². The van der Waals surface area contributed by atoms with Crippen molar-refractivity contribution in [1.29, 1.82) is 0 Å². The van der Waals surface area contributed by atoms with Gasteiger partial charge in [0.2, 0.25) is 0 Å². The first-order chi connectivity index (χ1) is 13.4. The van der Waals surface area contributed by atoms with Gasteiger partial charge in [0.05, 0.1) is 11.9 Å². The third-order valence-electron chi connectivity index (χ3n) is 5.00. The Balaban J connectivity index is 1.68. The predicted molar refractivity (Wildman–Crippen MR) is 106 cm³/mol.